The molecule has 2 aliphatic heterocycles. The maximum Gasteiger partial charge on any atom is 0.416 e. The number of carbonyl (C=O) groups is 1. The number of benzene rings is 3. The van der Waals surface area contributed by atoms with E-state index in [2.05, 4.69) is 0 Å². The second-order valence-electron chi connectivity index (χ2n) is 12.1. The van der Waals surface area contributed by atoms with Crippen LogP contribution in [0.25, 0.3) is 11.1 Å². The maximum atomic E-state index is 14.2. The third kappa shape index (κ3) is 6.10. The van der Waals surface area contributed by atoms with E-state index in [1.165, 1.54) is 12.1 Å². The summed E-state index contributed by atoms with van der Waals surface area (Å²) in [7, 11) is 0. The zero-order valence-corrected chi connectivity index (χ0v) is 24.6. The number of aliphatic hydroxyl groups is 1. The number of carboxylic acid groups (broad SMARTS) is 1. The Hall–Kier alpha value is -3.76. The highest BCUT2D eigenvalue weighted by atomic mass is 19.4. The van der Waals surface area contributed by atoms with Crippen LogP contribution in [0.1, 0.15) is 71.1 Å². The zero-order chi connectivity index (χ0) is 31.2. The number of hydrogen-bond donors (Lipinski definition) is 2. The fourth-order valence-electron chi connectivity index (χ4n) is 6.62. The lowest BCUT2D eigenvalue weighted by Gasteiger charge is -2.31. The molecule has 0 amide bonds. The van der Waals surface area contributed by atoms with Crippen LogP contribution >= 0.6 is 0 Å². The van der Waals surface area contributed by atoms with Crippen molar-refractivity contribution < 1.29 is 47.1 Å². The Bertz CT molecular complexity index is 1550. The van der Waals surface area contributed by atoms with E-state index in [0.717, 1.165) is 27.8 Å². The molecular formula is C34H35F3O7. The van der Waals surface area contributed by atoms with Crippen molar-refractivity contribution >= 4 is 5.97 Å². The van der Waals surface area contributed by atoms with Crippen molar-refractivity contribution in [3.8, 4) is 28.4 Å². The van der Waals surface area contributed by atoms with E-state index in [4.69, 9.17) is 18.9 Å². The Balaban J connectivity index is 1.30. The molecule has 1 fully saturated rings. The first-order valence-electron chi connectivity index (χ1n) is 14.8. The van der Waals surface area contributed by atoms with Crippen molar-refractivity contribution in [1.29, 1.82) is 0 Å². The van der Waals surface area contributed by atoms with Crippen LogP contribution in [0.3, 0.4) is 0 Å². The fraction of sp³-hybridized carbons (Fsp3) is 0.441. The quantitative estimate of drug-likeness (QED) is 0.285. The Morgan fingerprint density at radius 2 is 1.75 bits per heavy atom. The van der Waals surface area contributed by atoms with Crippen molar-refractivity contribution in [3.05, 3.63) is 75.8 Å². The van der Waals surface area contributed by atoms with Crippen molar-refractivity contribution in [2.24, 2.45) is 0 Å². The molecule has 2 heterocycles. The van der Waals surface area contributed by atoms with E-state index >= 15 is 0 Å². The minimum atomic E-state index is -4.55. The van der Waals surface area contributed by atoms with Gasteiger partial charge in [0.15, 0.2) is 0 Å². The minimum Gasteiger partial charge on any atom is -0.492 e. The van der Waals surface area contributed by atoms with Crippen LogP contribution in [-0.4, -0.2) is 48.2 Å². The molecule has 3 aromatic carbocycles. The normalized spacial score (nSPS) is 20.5. The van der Waals surface area contributed by atoms with Gasteiger partial charge in [-0.3, -0.25) is 4.79 Å². The van der Waals surface area contributed by atoms with Gasteiger partial charge in [-0.25, -0.2) is 0 Å². The molecule has 6 rings (SSSR count). The van der Waals surface area contributed by atoms with E-state index in [-0.39, 0.29) is 25.6 Å². The summed E-state index contributed by atoms with van der Waals surface area (Å²) >= 11 is 0. The highest BCUT2D eigenvalue weighted by Crippen LogP contribution is 2.47. The number of fused-ring (bicyclic) bond motifs is 2. The standard InChI is InChI=1S/C34H35F3O7/c1-19-11-24(43-18-33(40)7-9-41-10-8-33)12-20(2)32(19)28-15-22(34(35,36)37)14-27-26(28)5-6-29(27)44-23-3-4-25-21(13-31(38)39)17-42-30(25)16-23/h3-4,11-12,14-16,21,29,40H,5-10,13,17-18H2,1-2H3,(H,38,39). The average Bonchev–Trinajstić information content (AvgIpc) is 3.55. The lowest BCUT2D eigenvalue weighted by atomic mass is 9.88. The Morgan fingerprint density at radius 1 is 1.02 bits per heavy atom. The average molecular weight is 613 g/mol. The van der Waals surface area contributed by atoms with Gasteiger partial charge in [-0.15, -0.1) is 0 Å². The topological polar surface area (TPSA) is 94.5 Å². The summed E-state index contributed by atoms with van der Waals surface area (Å²) in [4.78, 5) is 11.2. The largest absolute Gasteiger partial charge is 0.492 e. The fourth-order valence-corrected chi connectivity index (χ4v) is 6.62. The monoisotopic (exact) mass is 612 g/mol. The molecule has 3 aliphatic rings. The summed E-state index contributed by atoms with van der Waals surface area (Å²) in [5.41, 5.74) is 3.19. The predicted octanol–water partition coefficient (Wildman–Crippen LogP) is 6.93. The van der Waals surface area contributed by atoms with Gasteiger partial charge in [-0.1, -0.05) is 6.07 Å². The van der Waals surface area contributed by atoms with Gasteiger partial charge >= 0.3 is 12.1 Å². The lowest BCUT2D eigenvalue weighted by molar-refractivity contribution is -0.138. The summed E-state index contributed by atoms with van der Waals surface area (Å²) in [5.74, 6) is 0.381. The number of ether oxygens (including phenoxy) is 4. The lowest BCUT2D eigenvalue weighted by Crippen LogP contribution is -2.41. The molecule has 7 nitrogen and oxygen atoms in total. The maximum absolute atomic E-state index is 14.2. The van der Waals surface area contributed by atoms with Crippen molar-refractivity contribution in [3.63, 3.8) is 0 Å². The number of hydrogen-bond acceptors (Lipinski definition) is 6. The van der Waals surface area contributed by atoms with Gasteiger partial charge in [-0.2, -0.15) is 13.2 Å². The molecule has 44 heavy (non-hydrogen) atoms. The summed E-state index contributed by atoms with van der Waals surface area (Å²) in [6, 6.07) is 11.2. The van der Waals surface area contributed by atoms with Gasteiger partial charge in [0.05, 0.1) is 18.6 Å². The SMILES string of the molecule is Cc1cc(OCC2(O)CCOCC2)cc(C)c1-c1cc(C(F)(F)F)cc2c1CCC2Oc1ccc2c(c1)OCC2CC(=O)O. The molecule has 234 valence electrons. The highest BCUT2D eigenvalue weighted by Gasteiger charge is 2.37. The summed E-state index contributed by atoms with van der Waals surface area (Å²) in [5, 5.41) is 20.0. The van der Waals surface area contributed by atoms with Crippen LogP contribution in [0.2, 0.25) is 0 Å². The van der Waals surface area contributed by atoms with Gasteiger partial charge < -0.3 is 29.2 Å². The Morgan fingerprint density at radius 3 is 2.43 bits per heavy atom. The van der Waals surface area contributed by atoms with Gasteiger partial charge in [0, 0.05) is 43.6 Å². The first-order valence-corrected chi connectivity index (χ1v) is 14.8. The van der Waals surface area contributed by atoms with Crippen molar-refractivity contribution in [1.82, 2.24) is 0 Å². The van der Waals surface area contributed by atoms with Crippen LogP contribution in [0, 0.1) is 13.8 Å². The second kappa shape index (κ2) is 11.6. The number of rotatable bonds is 8. The Labute approximate surface area is 253 Å². The van der Waals surface area contributed by atoms with Crippen molar-refractivity contribution in [2.45, 2.75) is 69.8 Å². The molecule has 0 radical (unpaired) electrons. The van der Waals surface area contributed by atoms with Gasteiger partial charge in [0.1, 0.15) is 35.6 Å². The first kappa shape index (κ1) is 30.3. The van der Waals surface area contributed by atoms with Crippen LogP contribution in [0.4, 0.5) is 13.2 Å². The summed E-state index contributed by atoms with van der Waals surface area (Å²) in [6.45, 7) is 5.02. The molecule has 0 bridgehead atoms. The first-order chi connectivity index (χ1) is 20.9. The zero-order valence-electron chi connectivity index (χ0n) is 24.6. The van der Waals surface area contributed by atoms with Crippen LogP contribution < -0.4 is 14.2 Å². The summed E-state index contributed by atoms with van der Waals surface area (Å²) in [6.07, 6.45) is -3.19. The van der Waals surface area contributed by atoms with E-state index in [9.17, 15) is 28.2 Å². The molecule has 1 saturated heterocycles. The predicted molar refractivity (Wildman–Crippen MR) is 155 cm³/mol. The van der Waals surface area contributed by atoms with E-state index in [1.807, 2.05) is 26.0 Å². The molecule has 2 N–H and O–H groups in total. The molecular weight excluding hydrogens is 577 g/mol. The number of aliphatic carboxylic acids is 1. The molecule has 0 aromatic heterocycles. The van der Waals surface area contributed by atoms with Crippen LogP contribution in [-0.2, 0) is 22.1 Å². The molecule has 10 heteroatoms. The number of alkyl halides is 3. The Kier molecular flexibility index (Phi) is 8.00. The molecule has 0 spiro atoms. The van der Waals surface area contributed by atoms with Gasteiger partial charge in [0.2, 0.25) is 0 Å². The highest BCUT2D eigenvalue weighted by molar-refractivity contribution is 5.77. The molecule has 2 atom stereocenters. The minimum absolute atomic E-state index is 0.0459. The molecule has 0 saturated carbocycles. The molecule has 3 aromatic rings. The second-order valence-corrected chi connectivity index (χ2v) is 12.1. The third-order valence-electron chi connectivity index (χ3n) is 8.89. The smallest absolute Gasteiger partial charge is 0.416 e. The van der Waals surface area contributed by atoms with Gasteiger partial charge in [-0.05, 0) is 90.4 Å². The molecule has 1 aliphatic carbocycles. The third-order valence-corrected chi connectivity index (χ3v) is 8.89. The molecule has 2 unspecified atom stereocenters. The number of halogens is 3. The van der Waals surface area contributed by atoms with E-state index < -0.39 is 29.4 Å². The van der Waals surface area contributed by atoms with Gasteiger partial charge in [0.25, 0.3) is 0 Å². The summed E-state index contributed by atoms with van der Waals surface area (Å²) < 4.78 is 65.9. The van der Waals surface area contributed by atoms with Crippen LogP contribution in [0.5, 0.6) is 17.2 Å². The number of aryl methyl sites for hydroxylation is 2. The van der Waals surface area contributed by atoms with E-state index in [0.29, 0.717) is 67.3 Å². The van der Waals surface area contributed by atoms with Crippen LogP contribution in [0.15, 0.2) is 42.5 Å². The number of carboxylic acids is 1. The van der Waals surface area contributed by atoms with E-state index in [1.54, 1.807) is 18.2 Å². The van der Waals surface area contributed by atoms with Crippen molar-refractivity contribution in [2.75, 3.05) is 26.4 Å².